The molecule has 1 aromatic carbocycles. The van der Waals surface area contributed by atoms with Gasteiger partial charge >= 0.3 is 0 Å². The first-order valence-electron chi connectivity index (χ1n) is 15.2. The molecule has 0 radical (unpaired) electrons. The summed E-state index contributed by atoms with van der Waals surface area (Å²) >= 11 is 6.24. The molecule has 0 aliphatic carbocycles. The van der Waals surface area contributed by atoms with Gasteiger partial charge in [0.15, 0.2) is 5.82 Å². The van der Waals surface area contributed by atoms with Crippen molar-refractivity contribution in [3.05, 3.63) is 82.7 Å². The number of amides is 1. The summed E-state index contributed by atoms with van der Waals surface area (Å²) in [6.45, 7) is 10.1. The zero-order chi connectivity index (χ0) is 33.4. The highest BCUT2D eigenvalue weighted by Gasteiger charge is 2.31. The first-order chi connectivity index (χ1) is 22.0. The number of aromatic nitrogens is 1. The number of carbonyl (C=O) groups is 1. The van der Waals surface area contributed by atoms with E-state index in [2.05, 4.69) is 16.6 Å². The van der Waals surface area contributed by atoms with Gasteiger partial charge < -0.3 is 19.4 Å². The molecule has 46 heavy (non-hydrogen) atoms. The summed E-state index contributed by atoms with van der Waals surface area (Å²) in [6.07, 6.45) is 12.4. The number of rotatable bonds is 13. The maximum atomic E-state index is 14.0. The van der Waals surface area contributed by atoms with Gasteiger partial charge in [0.1, 0.15) is 0 Å². The van der Waals surface area contributed by atoms with Gasteiger partial charge in [-0.1, -0.05) is 47.5 Å². The Kier molecular flexibility index (Phi) is 12.2. The number of carbonyl (C=O) groups excluding carboxylic acids is 1. The van der Waals surface area contributed by atoms with Crippen LogP contribution in [0.5, 0.6) is 0 Å². The molecule has 1 aromatic heterocycles. The number of likely N-dealkylation sites (N-methyl/N-ethyl adjacent to an activating group) is 1. The Labute approximate surface area is 277 Å². The molecule has 1 fully saturated rings. The molecule has 2 aliphatic rings. The van der Waals surface area contributed by atoms with Crippen LogP contribution in [0.4, 0.5) is 10.2 Å². The summed E-state index contributed by atoms with van der Waals surface area (Å²) in [4.78, 5) is 24.0. The van der Waals surface area contributed by atoms with Gasteiger partial charge in [0.2, 0.25) is 5.91 Å². The highest BCUT2D eigenvalue weighted by molar-refractivity contribution is 7.90. The highest BCUT2D eigenvalue weighted by Crippen LogP contribution is 2.36. The maximum absolute atomic E-state index is 14.0. The van der Waals surface area contributed by atoms with E-state index in [9.17, 15) is 17.6 Å². The van der Waals surface area contributed by atoms with Crippen molar-refractivity contribution in [2.75, 3.05) is 60.2 Å². The van der Waals surface area contributed by atoms with Crippen LogP contribution in [-0.4, -0.2) is 106 Å². The lowest BCUT2D eigenvalue weighted by atomic mass is 9.93. The van der Waals surface area contributed by atoms with Crippen LogP contribution >= 0.6 is 11.6 Å². The van der Waals surface area contributed by atoms with Crippen molar-refractivity contribution in [1.29, 1.82) is 0 Å². The van der Waals surface area contributed by atoms with E-state index in [4.69, 9.17) is 16.3 Å². The molecule has 2 aliphatic heterocycles. The molecule has 2 unspecified atom stereocenters. The number of morpholine rings is 1. The van der Waals surface area contributed by atoms with Gasteiger partial charge in [-0.05, 0) is 71.1 Å². The summed E-state index contributed by atoms with van der Waals surface area (Å²) in [7, 11) is -0.249. The quantitative estimate of drug-likeness (QED) is 0.262. The zero-order valence-electron chi connectivity index (χ0n) is 26.9. The molecule has 0 spiro atoms. The Hall–Kier alpha value is -3.51. The van der Waals surface area contributed by atoms with Crippen molar-refractivity contribution in [3.8, 4) is 0 Å². The van der Waals surface area contributed by atoms with Crippen LogP contribution in [0.15, 0.2) is 75.9 Å². The van der Waals surface area contributed by atoms with Gasteiger partial charge in [-0.25, -0.2) is 17.4 Å². The fraction of sp³-hybridized carbons (Fsp3) is 0.412. The molecular formula is C34H43ClFN5O4S. The predicted molar refractivity (Wildman–Crippen MR) is 184 cm³/mol. The lowest BCUT2D eigenvalue weighted by Crippen LogP contribution is -2.49. The van der Waals surface area contributed by atoms with Crippen molar-refractivity contribution in [2.45, 2.75) is 31.2 Å². The second kappa shape index (κ2) is 15.9. The molecule has 0 N–H and O–H groups in total. The molecule has 2 atom stereocenters. The zero-order valence-corrected chi connectivity index (χ0v) is 28.5. The molecule has 248 valence electrons. The second-order valence-corrected chi connectivity index (χ2v) is 14.1. The summed E-state index contributed by atoms with van der Waals surface area (Å²) in [5.74, 6) is -0.442. The summed E-state index contributed by atoms with van der Waals surface area (Å²) in [6, 6.07) is 6.24. The predicted octanol–water partition coefficient (Wildman–Crippen LogP) is 5.50. The molecule has 9 nitrogen and oxygen atoms in total. The monoisotopic (exact) mass is 671 g/mol. The van der Waals surface area contributed by atoms with Crippen molar-refractivity contribution in [3.63, 3.8) is 0 Å². The SMILES string of the molecule is C=Nc1c(/C=C/N2CCOCC2)c(C2=CC(=O)N(C(CN(C)C)C(C=C(C)Cl)CCF)CC=C2)cn1S(=O)(=O)c1ccc(C)cc1. The van der Waals surface area contributed by atoms with Gasteiger partial charge in [0.05, 0.1) is 30.8 Å². The molecule has 1 amide bonds. The first kappa shape index (κ1) is 35.3. The van der Waals surface area contributed by atoms with E-state index in [1.807, 2.05) is 56.4 Å². The van der Waals surface area contributed by atoms with E-state index < -0.39 is 16.7 Å². The number of aryl methyl sites for hydroxylation is 1. The fourth-order valence-corrected chi connectivity index (χ4v) is 7.21. The second-order valence-electron chi connectivity index (χ2n) is 11.7. The molecule has 3 heterocycles. The van der Waals surface area contributed by atoms with Crippen molar-refractivity contribution >= 4 is 51.7 Å². The number of benzene rings is 1. The molecule has 2 aromatic rings. The minimum absolute atomic E-state index is 0.106. The van der Waals surface area contributed by atoms with Crippen LogP contribution in [0, 0.1) is 12.8 Å². The fourth-order valence-electron chi connectivity index (χ4n) is 5.71. The average Bonchev–Trinajstić information content (AvgIpc) is 3.29. The van der Waals surface area contributed by atoms with Crippen molar-refractivity contribution in [2.24, 2.45) is 10.9 Å². The third-order valence-electron chi connectivity index (χ3n) is 8.02. The highest BCUT2D eigenvalue weighted by atomic mass is 35.5. The van der Waals surface area contributed by atoms with Crippen LogP contribution in [0.1, 0.15) is 30.0 Å². The van der Waals surface area contributed by atoms with Crippen LogP contribution in [-0.2, 0) is 19.6 Å². The molecular weight excluding hydrogens is 629 g/mol. The van der Waals surface area contributed by atoms with E-state index in [1.165, 1.54) is 12.3 Å². The molecule has 1 saturated heterocycles. The van der Waals surface area contributed by atoms with Crippen LogP contribution in [0.3, 0.4) is 0 Å². The standard InChI is InChI=1S/C34H43ClFN5O4S/c1-25-8-10-29(11-9-25)46(43,44)41-23-31(30(34(41)37-3)13-16-39-17-19-45-20-18-39)27-7-6-15-40(33(42)22-27)32(24-38(4)5)28(12-14-36)21-26(2)35/h6-11,13,16,21-23,28,32H,3,12,14-15,17-20,24H2,1-2,4-5H3/b16-13+,26-21?. The van der Waals surface area contributed by atoms with E-state index in [-0.39, 0.29) is 41.5 Å². The van der Waals surface area contributed by atoms with Gasteiger partial charge in [0, 0.05) is 60.5 Å². The molecule has 4 rings (SSSR count). The number of alkyl halides is 1. The van der Waals surface area contributed by atoms with Gasteiger partial charge in [-0.3, -0.25) is 9.18 Å². The minimum atomic E-state index is -4.06. The molecule has 0 saturated carbocycles. The number of hydrogen-bond acceptors (Lipinski definition) is 7. The minimum Gasteiger partial charge on any atom is -0.378 e. The lowest BCUT2D eigenvalue weighted by molar-refractivity contribution is -0.128. The number of ether oxygens (including phenoxy) is 1. The Morgan fingerprint density at radius 3 is 2.52 bits per heavy atom. The van der Waals surface area contributed by atoms with Crippen molar-refractivity contribution in [1.82, 2.24) is 18.7 Å². The first-order valence-corrected chi connectivity index (χ1v) is 17.1. The smallest absolute Gasteiger partial charge is 0.269 e. The van der Waals surface area contributed by atoms with Crippen molar-refractivity contribution < 1.29 is 22.3 Å². The third kappa shape index (κ3) is 8.44. The average molecular weight is 672 g/mol. The topological polar surface area (TPSA) is 87.4 Å². The number of allylic oxidation sites excluding steroid dienone is 3. The maximum Gasteiger partial charge on any atom is 0.269 e. The normalized spacial score (nSPS) is 17.8. The van der Waals surface area contributed by atoms with Crippen LogP contribution < -0.4 is 0 Å². The van der Waals surface area contributed by atoms with E-state index >= 15 is 0 Å². The number of nitrogens with zero attached hydrogens (tertiary/aromatic N) is 5. The molecule has 0 bridgehead atoms. The summed E-state index contributed by atoms with van der Waals surface area (Å²) in [5.41, 5.74) is 2.47. The largest absolute Gasteiger partial charge is 0.378 e. The van der Waals surface area contributed by atoms with Crippen LogP contribution in [0.2, 0.25) is 0 Å². The van der Waals surface area contributed by atoms with Gasteiger partial charge in [-0.2, -0.15) is 0 Å². The van der Waals surface area contributed by atoms with Gasteiger partial charge in [-0.15, -0.1) is 0 Å². The number of hydrogen-bond donors (Lipinski definition) is 0. The van der Waals surface area contributed by atoms with E-state index in [0.717, 1.165) is 9.54 Å². The number of aliphatic imine (C=N–C) groups is 1. The Bertz CT molecular complexity index is 1620. The third-order valence-corrected chi connectivity index (χ3v) is 9.81. The Balaban J connectivity index is 1.84. The van der Waals surface area contributed by atoms with E-state index in [1.54, 1.807) is 36.1 Å². The van der Waals surface area contributed by atoms with E-state index in [0.29, 0.717) is 54.6 Å². The summed E-state index contributed by atoms with van der Waals surface area (Å²) < 4.78 is 48.2. The Morgan fingerprint density at radius 2 is 1.91 bits per heavy atom. The summed E-state index contributed by atoms with van der Waals surface area (Å²) in [5, 5.41) is 0.536. The Morgan fingerprint density at radius 1 is 1.22 bits per heavy atom. The lowest BCUT2D eigenvalue weighted by Gasteiger charge is -2.36. The van der Waals surface area contributed by atoms with Crippen LogP contribution in [0.25, 0.3) is 11.6 Å². The van der Waals surface area contributed by atoms with Gasteiger partial charge in [0.25, 0.3) is 10.0 Å². The molecule has 12 heteroatoms. The number of halogens is 2.